The minimum atomic E-state index is -0.489. The number of piperidine rings is 1. The van der Waals surface area contributed by atoms with Gasteiger partial charge in [0.15, 0.2) is 11.6 Å². The fraction of sp³-hybridized carbons (Fsp3) is 0.333. The van der Waals surface area contributed by atoms with Crippen molar-refractivity contribution in [3.63, 3.8) is 0 Å². The molecule has 2 aliphatic heterocycles. The monoisotopic (exact) mass is 464 g/mol. The number of amides is 1. The lowest BCUT2D eigenvalue weighted by Crippen LogP contribution is -2.43. The van der Waals surface area contributed by atoms with Crippen LogP contribution >= 0.6 is 0 Å². The maximum absolute atomic E-state index is 13.9. The normalized spacial score (nSPS) is 19.4. The van der Waals surface area contributed by atoms with Gasteiger partial charge in [-0.15, -0.1) is 0 Å². The van der Waals surface area contributed by atoms with Crippen molar-refractivity contribution in [1.82, 2.24) is 9.88 Å². The molecule has 34 heavy (non-hydrogen) atoms. The number of rotatable bonds is 5. The van der Waals surface area contributed by atoms with E-state index in [-0.39, 0.29) is 34.9 Å². The molecule has 1 atom stereocenters. The summed E-state index contributed by atoms with van der Waals surface area (Å²) in [6.45, 7) is 1.95. The highest BCUT2D eigenvalue weighted by molar-refractivity contribution is 5.94. The molecule has 0 aliphatic carbocycles. The van der Waals surface area contributed by atoms with E-state index in [0.29, 0.717) is 31.7 Å². The smallest absolute Gasteiger partial charge is 0.254 e. The summed E-state index contributed by atoms with van der Waals surface area (Å²) in [5.41, 5.74) is 1.47. The first-order valence-electron chi connectivity index (χ1n) is 11.5. The number of likely N-dealkylation sites (tertiary alicyclic amines) is 1. The zero-order valence-electron chi connectivity index (χ0n) is 18.8. The Balaban J connectivity index is 1.18. The zero-order valence-corrected chi connectivity index (χ0v) is 18.8. The average Bonchev–Trinajstić information content (AvgIpc) is 3.22. The molecule has 2 saturated heterocycles. The van der Waals surface area contributed by atoms with Gasteiger partial charge >= 0.3 is 0 Å². The summed E-state index contributed by atoms with van der Waals surface area (Å²) < 4.78 is 39.0. The molecule has 0 N–H and O–H groups in total. The van der Waals surface area contributed by atoms with Gasteiger partial charge in [-0.3, -0.25) is 4.79 Å². The quantitative estimate of drug-likeness (QED) is 0.507. The summed E-state index contributed by atoms with van der Waals surface area (Å²) in [7, 11) is 0. The number of para-hydroxylation sites is 1. The fourth-order valence-corrected chi connectivity index (χ4v) is 4.91. The van der Waals surface area contributed by atoms with Crippen LogP contribution in [-0.4, -0.2) is 41.6 Å². The Bertz CT molecular complexity index is 1180. The lowest BCUT2D eigenvalue weighted by Gasteiger charge is -2.38. The molecule has 1 aromatic heterocycles. The molecule has 5 rings (SSSR count). The van der Waals surface area contributed by atoms with Gasteiger partial charge in [0.25, 0.3) is 5.91 Å². The van der Waals surface area contributed by atoms with Crippen molar-refractivity contribution in [3.05, 3.63) is 89.6 Å². The second-order valence-electron chi connectivity index (χ2n) is 9.18. The first-order chi connectivity index (χ1) is 16.5. The van der Waals surface area contributed by atoms with Crippen LogP contribution in [0.2, 0.25) is 0 Å². The lowest BCUT2D eigenvalue weighted by atomic mass is 9.76. The van der Waals surface area contributed by atoms with Gasteiger partial charge in [0.2, 0.25) is 5.88 Å². The molecule has 3 aromatic rings. The molecule has 0 bridgehead atoms. The summed E-state index contributed by atoms with van der Waals surface area (Å²) in [6, 6.07) is 15.9. The van der Waals surface area contributed by atoms with Gasteiger partial charge in [-0.25, -0.2) is 13.8 Å². The highest BCUT2D eigenvalue weighted by atomic mass is 19.1. The van der Waals surface area contributed by atoms with Crippen LogP contribution in [0.25, 0.3) is 0 Å². The summed E-state index contributed by atoms with van der Waals surface area (Å²) >= 11 is 0. The Morgan fingerprint density at radius 1 is 1.09 bits per heavy atom. The second kappa shape index (κ2) is 9.50. The number of nitrogens with zero attached hydrogens (tertiary/aromatic N) is 2. The molecule has 2 aromatic carbocycles. The first kappa shape index (κ1) is 22.5. The fourth-order valence-electron chi connectivity index (χ4n) is 4.91. The molecule has 3 heterocycles. The summed E-state index contributed by atoms with van der Waals surface area (Å²) in [5, 5.41) is 0. The van der Waals surface area contributed by atoms with Crippen molar-refractivity contribution >= 4 is 5.91 Å². The van der Waals surface area contributed by atoms with E-state index in [1.54, 1.807) is 36.4 Å². The maximum atomic E-state index is 13.9. The topological polar surface area (TPSA) is 51.7 Å². The van der Waals surface area contributed by atoms with Crippen molar-refractivity contribution in [3.8, 4) is 11.6 Å². The van der Waals surface area contributed by atoms with Crippen molar-refractivity contribution in [1.29, 1.82) is 0 Å². The number of carbonyl (C=O) groups excluding carboxylic acids is 1. The van der Waals surface area contributed by atoms with Gasteiger partial charge in [0.1, 0.15) is 5.82 Å². The van der Waals surface area contributed by atoms with Crippen molar-refractivity contribution in [2.75, 3.05) is 19.7 Å². The number of ether oxygens (including phenoxy) is 2. The Morgan fingerprint density at radius 2 is 1.91 bits per heavy atom. The first-order valence-corrected chi connectivity index (χ1v) is 11.5. The highest BCUT2D eigenvalue weighted by Gasteiger charge is 2.43. The highest BCUT2D eigenvalue weighted by Crippen LogP contribution is 2.43. The Morgan fingerprint density at radius 3 is 2.71 bits per heavy atom. The van der Waals surface area contributed by atoms with E-state index in [4.69, 9.17) is 9.47 Å². The number of pyridine rings is 1. The molecular weight excluding hydrogens is 438 g/mol. The predicted molar refractivity (Wildman–Crippen MR) is 123 cm³/mol. The van der Waals surface area contributed by atoms with Gasteiger partial charge in [0.05, 0.1) is 12.7 Å². The number of hydrogen-bond acceptors (Lipinski definition) is 4. The largest absolute Gasteiger partial charge is 0.436 e. The van der Waals surface area contributed by atoms with Crippen LogP contribution in [0.15, 0.2) is 66.9 Å². The number of carbonyl (C=O) groups is 1. The molecule has 7 heteroatoms. The number of benzene rings is 2. The molecular formula is C27H26F2N2O3. The van der Waals surface area contributed by atoms with Crippen LogP contribution in [0.4, 0.5) is 8.78 Å². The van der Waals surface area contributed by atoms with Gasteiger partial charge in [-0.1, -0.05) is 24.3 Å². The molecule has 2 fully saturated rings. The van der Waals surface area contributed by atoms with Crippen LogP contribution in [0.5, 0.6) is 11.6 Å². The van der Waals surface area contributed by atoms with Crippen molar-refractivity contribution < 1.29 is 23.0 Å². The number of hydrogen-bond donors (Lipinski definition) is 0. The predicted octanol–water partition coefficient (Wildman–Crippen LogP) is 5.41. The van der Waals surface area contributed by atoms with Gasteiger partial charge < -0.3 is 14.4 Å². The molecule has 2 aliphatic rings. The SMILES string of the molecule is O=C(c1ccnc(Oc2ccccc2F)c1)N1CCC2(CC1)CO[C@@H](Cc1cccc(F)c1)C2. The van der Waals surface area contributed by atoms with E-state index < -0.39 is 5.82 Å². The van der Waals surface area contributed by atoms with E-state index in [2.05, 4.69) is 4.98 Å². The van der Waals surface area contributed by atoms with Crippen LogP contribution < -0.4 is 4.74 Å². The number of halogens is 2. The molecule has 176 valence electrons. The Labute approximate surface area is 197 Å². The third-order valence-electron chi connectivity index (χ3n) is 6.78. The van der Waals surface area contributed by atoms with Crippen LogP contribution in [0.3, 0.4) is 0 Å². The van der Waals surface area contributed by atoms with Crippen molar-refractivity contribution in [2.24, 2.45) is 5.41 Å². The third kappa shape index (κ3) is 4.94. The molecule has 1 spiro atoms. The number of aromatic nitrogens is 1. The van der Waals surface area contributed by atoms with E-state index in [1.165, 1.54) is 24.4 Å². The maximum Gasteiger partial charge on any atom is 0.254 e. The van der Waals surface area contributed by atoms with E-state index in [0.717, 1.165) is 24.8 Å². The molecule has 0 unspecified atom stereocenters. The van der Waals surface area contributed by atoms with Gasteiger partial charge in [0, 0.05) is 30.9 Å². The standard InChI is InChI=1S/C27H26F2N2O3/c28-21-5-3-4-19(14-21)15-22-17-27(18-33-22)9-12-31(13-10-27)26(32)20-8-11-30-25(16-20)34-24-7-2-1-6-23(24)29/h1-8,11,14,16,22H,9-10,12-13,15,17-18H2/t22-/m0/s1. The molecule has 5 nitrogen and oxygen atoms in total. The summed E-state index contributed by atoms with van der Waals surface area (Å²) in [5.74, 6) is -0.569. The molecule has 1 amide bonds. The zero-order chi connectivity index (χ0) is 23.5. The van der Waals surface area contributed by atoms with E-state index in [9.17, 15) is 13.6 Å². The minimum Gasteiger partial charge on any atom is -0.436 e. The average molecular weight is 465 g/mol. The van der Waals surface area contributed by atoms with Crippen LogP contribution in [0, 0.1) is 17.0 Å². The Hall–Kier alpha value is -3.32. The Kier molecular flexibility index (Phi) is 6.28. The van der Waals surface area contributed by atoms with Crippen molar-refractivity contribution in [2.45, 2.75) is 31.8 Å². The van der Waals surface area contributed by atoms with Gasteiger partial charge in [-0.05, 0) is 67.0 Å². The van der Waals surface area contributed by atoms with Crippen LogP contribution in [0.1, 0.15) is 35.2 Å². The van der Waals surface area contributed by atoms with Crippen LogP contribution in [-0.2, 0) is 11.2 Å². The second-order valence-corrected chi connectivity index (χ2v) is 9.18. The summed E-state index contributed by atoms with van der Waals surface area (Å²) in [6.07, 6.45) is 4.91. The summed E-state index contributed by atoms with van der Waals surface area (Å²) in [4.78, 5) is 19.1. The van der Waals surface area contributed by atoms with Gasteiger partial charge in [-0.2, -0.15) is 0 Å². The molecule has 0 radical (unpaired) electrons. The lowest BCUT2D eigenvalue weighted by molar-refractivity contribution is 0.0496. The van der Waals surface area contributed by atoms with E-state index >= 15 is 0 Å². The van der Waals surface area contributed by atoms with E-state index in [1.807, 2.05) is 11.0 Å². The molecule has 0 saturated carbocycles. The third-order valence-corrected chi connectivity index (χ3v) is 6.78. The minimum absolute atomic E-state index is 0.0616.